The normalized spacial score (nSPS) is 30.1. The lowest BCUT2D eigenvalue weighted by Gasteiger charge is -2.50. The SMILES string of the molecule is COCC1CCCN(C2(CN)CCCc3ccccc32)C1. The minimum atomic E-state index is 0.0568. The topological polar surface area (TPSA) is 38.5 Å². The number of ether oxygens (including phenoxy) is 1. The van der Waals surface area contributed by atoms with Gasteiger partial charge in [0.2, 0.25) is 0 Å². The number of hydrogen-bond donors (Lipinski definition) is 1. The first-order valence-corrected chi connectivity index (χ1v) is 8.32. The molecule has 0 amide bonds. The van der Waals surface area contributed by atoms with Gasteiger partial charge in [-0.05, 0) is 55.7 Å². The highest BCUT2D eigenvalue weighted by Crippen LogP contribution is 2.41. The first-order valence-electron chi connectivity index (χ1n) is 8.32. The summed E-state index contributed by atoms with van der Waals surface area (Å²) in [5.74, 6) is 0.654. The zero-order valence-corrected chi connectivity index (χ0v) is 13.2. The molecule has 3 heteroatoms. The largest absolute Gasteiger partial charge is 0.384 e. The second-order valence-electron chi connectivity index (χ2n) is 6.66. The molecule has 2 unspecified atom stereocenters. The van der Waals surface area contributed by atoms with E-state index in [1.54, 1.807) is 0 Å². The number of aryl methyl sites for hydroxylation is 1. The van der Waals surface area contributed by atoms with Gasteiger partial charge in [-0.15, -0.1) is 0 Å². The van der Waals surface area contributed by atoms with Gasteiger partial charge in [-0.1, -0.05) is 24.3 Å². The van der Waals surface area contributed by atoms with E-state index in [9.17, 15) is 0 Å². The monoisotopic (exact) mass is 288 g/mol. The third-order valence-corrected chi connectivity index (χ3v) is 5.42. The third-order valence-electron chi connectivity index (χ3n) is 5.42. The molecule has 0 radical (unpaired) electrons. The van der Waals surface area contributed by atoms with Crippen LogP contribution in [0.3, 0.4) is 0 Å². The molecule has 2 atom stereocenters. The van der Waals surface area contributed by atoms with Gasteiger partial charge in [0.1, 0.15) is 0 Å². The van der Waals surface area contributed by atoms with Crippen molar-refractivity contribution in [3.05, 3.63) is 35.4 Å². The second kappa shape index (κ2) is 6.47. The lowest BCUT2D eigenvalue weighted by molar-refractivity contribution is 0.0104. The van der Waals surface area contributed by atoms with Gasteiger partial charge in [0, 0.05) is 20.2 Å². The average Bonchev–Trinajstić information content (AvgIpc) is 2.55. The van der Waals surface area contributed by atoms with Crippen LogP contribution in [-0.4, -0.2) is 38.3 Å². The molecule has 3 nitrogen and oxygen atoms in total. The molecule has 2 N–H and O–H groups in total. The highest BCUT2D eigenvalue weighted by molar-refractivity contribution is 5.37. The minimum absolute atomic E-state index is 0.0568. The third kappa shape index (κ3) is 2.75. The van der Waals surface area contributed by atoms with Gasteiger partial charge in [-0.2, -0.15) is 0 Å². The summed E-state index contributed by atoms with van der Waals surface area (Å²) >= 11 is 0. The van der Waals surface area contributed by atoms with Crippen LogP contribution < -0.4 is 5.73 Å². The number of rotatable bonds is 4. The molecule has 1 aliphatic heterocycles. The number of benzene rings is 1. The van der Waals surface area contributed by atoms with E-state index in [-0.39, 0.29) is 5.54 Å². The predicted molar refractivity (Wildman–Crippen MR) is 86.3 cm³/mol. The summed E-state index contributed by atoms with van der Waals surface area (Å²) in [4.78, 5) is 2.66. The number of methoxy groups -OCH3 is 1. The van der Waals surface area contributed by atoms with Crippen molar-refractivity contribution in [1.29, 1.82) is 0 Å². The predicted octanol–water partition coefficient (Wildman–Crippen LogP) is 2.54. The maximum Gasteiger partial charge on any atom is 0.0586 e. The number of nitrogens with zero attached hydrogens (tertiary/aromatic N) is 1. The molecule has 1 heterocycles. The van der Waals surface area contributed by atoms with Gasteiger partial charge in [-0.3, -0.25) is 4.90 Å². The fraction of sp³-hybridized carbons (Fsp3) is 0.667. The fourth-order valence-electron chi connectivity index (χ4n) is 4.39. The maximum absolute atomic E-state index is 6.33. The van der Waals surface area contributed by atoms with Gasteiger partial charge in [-0.25, -0.2) is 0 Å². The van der Waals surface area contributed by atoms with Crippen LogP contribution in [0, 0.1) is 5.92 Å². The standard InChI is InChI=1S/C18H28N2O/c1-21-13-15-6-5-11-20(12-15)18(14-19)10-4-8-16-7-2-3-9-17(16)18/h2-3,7,9,15H,4-6,8,10-14,19H2,1H3. The van der Waals surface area contributed by atoms with E-state index in [0.29, 0.717) is 5.92 Å². The van der Waals surface area contributed by atoms with Crippen molar-refractivity contribution in [3.8, 4) is 0 Å². The Kier molecular flexibility index (Phi) is 4.63. The van der Waals surface area contributed by atoms with Gasteiger partial charge < -0.3 is 10.5 Å². The Morgan fingerprint density at radius 2 is 2.19 bits per heavy atom. The fourth-order valence-corrected chi connectivity index (χ4v) is 4.39. The lowest BCUT2D eigenvalue weighted by atomic mass is 9.74. The average molecular weight is 288 g/mol. The first-order chi connectivity index (χ1) is 10.3. The summed E-state index contributed by atoms with van der Waals surface area (Å²) in [6.45, 7) is 3.90. The zero-order chi connectivity index (χ0) is 14.7. The van der Waals surface area contributed by atoms with Gasteiger partial charge in [0.25, 0.3) is 0 Å². The number of hydrogen-bond acceptors (Lipinski definition) is 3. The molecular formula is C18H28N2O. The van der Waals surface area contributed by atoms with E-state index >= 15 is 0 Å². The van der Waals surface area contributed by atoms with Crippen LogP contribution in [0.1, 0.15) is 36.8 Å². The molecule has 1 saturated heterocycles. The maximum atomic E-state index is 6.33. The van der Waals surface area contributed by atoms with E-state index < -0.39 is 0 Å². The van der Waals surface area contributed by atoms with E-state index in [1.807, 2.05) is 7.11 Å². The highest BCUT2D eigenvalue weighted by atomic mass is 16.5. The van der Waals surface area contributed by atoms with Crippen LogP contribution in [0.5, 0.6) is 0 Å². The Hall–Kier alpha value is -0.900. The first kappa shape index (κ1) is 15.0. The van der Waals surface area contributed by atoms with Crippen molar-refractivity contribution in [2.45, 2.75) is 37.6 Å². The van der Waals surface area contributed by atoms with Crippen molar-refractivity contribution < 1.29 is 4.74 Å². The molecule has 1 fully saturated rings. The summed E-state index contributed by atoms with van der Waals surface area (Å²) < 4.78 is 5.40. The molecule has 21 heavy (non-hydrogen) atoms. The molecule has 1 aromatic rings. The molecular weight excluding hydrogens is 260 g/mol. The molecule has 2 aliphatic rings. The number of nitrogens with two attached hydrogens (primary N) is 1. The zero-order valence-electron chi connectivity index (χ0n) is 13.2. The van der Waals surface area contributed by atoms with Crippen LogP contribution in [0.4, 0.5) is 0 Å². The van der Waals surface area contributed by atoms with Crippen LogP contribution in [0.2, 0.25) is 0 Å². The summed E-state index contributed by atoms with van der Waals surface area (Å²) in [5.41, 5.74) is 9.37. The van der Waals surface area contributed by atoms with Crippen molar-refractivity contribution in [1.82, 2.24) is 4.90 Å². The highest BCUT2D eigenvalue weighted by Gasteiger charge is 2.42. The second-order valence-corrected chi connectivity index (χ2v) is 6.66. The van der Waals surface area contributed by atoms with Gasteiger partial charge >= 0.3 is 0 Å². The van der Waals surface area contributed by atoms with E-state index in [2.05, 4.69) is 29.2 Å². The molecule has 0 bridgehead atoms. The lowest BCUT2D eigenvalue weighted by Crippen LogP contribution is -2.56. The molecule has 3 rings (SSSR count). The minimum Gasteiger partial charge on any atom is -0.384 e. The van der Waals surface area contributed by atoms with E-state index in [0.717, 1.165) is 19.7 Å². The number of likely N-dealkylation sites (tertiary alicyclic amines) is 1. The van der Waals surface area contributed by atoms with Crippen LogP contribution >= 0.6 is 0 Å². The Labute approximate surface area is 128 Å². The van der Waals surface area contributed by atoms with Crippen LogP contribution in [-0.2, 0) is 16.7 Å². The van der Waals surface area contributed by atoms with E-state index in [4.69, 9.17) is 10.5 Å². The summed E-state index contributed by atoms with van der Waals surface area (Å²) in [6, 6.07) is 8.93. The smallest absolute Gasteiger partial charge is 0.0586 e. The summed E-state index contributed by atoms with van der Waals surface area (Å²) in [6.07, 6.45) is 6.19. The molecule has 116 valence electrons. The van der Waals surface area contributed by atoms with Crippen molar-refractivity contribution in [3.63, 3.8) is 0 Å². The quantitative estimate of drug-likeness (QED) is 0.925. The van der Waals surface area contributed by atoms with Gasteiger partial charge in [0.15, 0.2) is 0 Å². The molecule has 0 spiro atoms. The molecule has 0 saturated carbocycles. The van der Waals surface area contributed by atoms with Crippen molar-refractivity contribution in [2.75, 3.05) is 33.4 Å². The Morgan fingerprint density at radius 1 is 1.33 bits per heavy atom. The Balaban J connectivity index is 1.90. The number of piperidine rings is 1. The summed E-state index contributed by atoms with van der Waals surface area (Å²) in [5, 5.41) is 0. The molecule has 0 aromatic heterocycles. The Morgan fingerprint density at radius 3 is 3.00 bits per heavy atom. The van der Waals surface area contributed by atoms with Crippen molar-refractivity contribution >= 4 is 0 Å². The molecule has 1 aliphatic carbocycles. The summed E-state index contributed by atoms with van der Waals surface area (Å²) in [7, 11) is 1.81. The van der Waals surface area contributed by atoms with Crippen molar-refractivity contribution in [2.24, 2.45) is 11.7 Å². The van der Waals surface area contributed by atoms with Crippen LogP contribution in [0.25, 0.3) is 0 Å². The molecule has 1 aromatic carbocycles. The van der Waals surface area contributed by atoms with E-state index in [1.165, 1.54) is 49.8 Å². The number of fused-ring (bicyclic) bond motifs is 1. The van der Waals surface area contributed by atoms with Crippen LogP contribution in [0.15, 0.2) is 24.3 Å². The Bertz CT molecular complexity index is 474. The van der Waals surface area contributed by atoms with Gasteiger partial charge in [0.05, 0.1) is 12.1 Å².